The van der Waals surface area contributed by atoms with Gasteiger partial charge in [0.05, 0.1) is 12.9 Å². The molecule has 3 rings (SSSR count). The number of aliphatic hydroxyl groups is 1. The molecule has 0 aliphatic carbocycles. The second kappa shape index (κ2) is 7.99. The first-order valence-electron chi connectivity index (χ1n) is 9.88. The van der Waals surface area contributed by atoms with Crippen molar-refractivity contribution in [2.24, 2.45) is 5.41 Å². The topological polar surface area (TPSA) is 99.1 Å². The summed E-state index contributed by atoms with van der Waals surface area (Å²) in [5, 5.41) is 10.4. The smallest absolute Gasteiger partial charge is 0.165 e. The Morgan fingerprint density at radius 1 is 1.07 bits per heavy atom. The monoisotopic (exact) mass is 397 g/mol. The van der Waals surface area contributed by atoms with Crippen LogP contribution < -0.4 is 10.5 Å². The number of nitrogen functional groups attached to an aromatic ring is 1. The van der Waals surface area contributed by atoms with Crippen molar-refractivity contribution in [1.29, 1.82) is 0 Å². The Hall–Kier alpha value is -2.67. The van der Waals surface area contributed by atoms with Crippen LogP contribution in [0.25, 0.3) is 11.2 Å². The fourth-order valence-electron chi connectivity index (χ4n) is 3.93. The summed E-state index contributed by atoms with van der Waals surface area (Å²) < 4.78 is 7.53. The van der Waals surface area contributed by atoms with E-state index in [1.165, 1.54) is 11.9 Å². The number of nitrogens with two attached hydrogens (primary N) is 1. The maximum absolute atomic E-state index is 10.4. The highest BCUT2D eigenvalue weighted by atomic mass is 16.5. The number of fused-ring (bicyclic) bond motifs is 1. The van der Waals surface area contributed by atoms with Crippen molar-refractivity contribution < 1.29 is 9.84 Å². The number of anilines is 1. The van der Waals surface area contributed by atoms with E-state index in [-0.39, 0.29) is 17.4 Å². The highest BCUT2D eigenvalue weighted by molar-refractivity contribution is 5.81. The fraction of sp³-hybridized carbons (Fsp3) is 0.500. The van der Waals surface area contributed by atoms with Crippen molar-refractivity contribution in [2.75, 3.05) is 12.3 Å². The summed E-state index contributed by atoms with van der Waals surface area (Å²) in [5.41, 5.74) is 8.56. The molecule has 0 saturated carbocycles. The number of aromatic nitrogens is 4. The summed E-state index contributed by atoms with van der Waals surface area (Å²) in [7, 11) is 0. The first-order valence-corrected chi connectivity index (χ1v) is 9.88. The molecule has 29 heavy (non-hydrogen) atoms. The van der Waals surface area contributed by atoms with Gasteiger partial charge in [-0.2, -0.15) is 0 Å². The minimum Gasteiger partial charge on any atom is -0.491 e. The average molecular weight is 398 g/mol. The molecule has 1 atom stereocenters. The molecule has 7 nitrogen and oxygen atoms in total. The van der Waals surface area contributed by atoms with Crippen LogP contribution in [0.3, 0.4) is 0 Å². The Balaban J connectivity index is 1.59. The Kier molecular flexibility index (Phi) is 5.80. The Morgan fingerprint density at radius 2 is 1.76 bits per heavy atom. The van der Waals surface area contributed by atoms with E-state index in [2.05, 4.69) is 61.7 Å². The lowest BCUT2D eigenvalue weighted by atomic mass is 9.72. The van der Waals surface area contributed by atoms with Crippen molar-refractivity contribution in [3.05, 3.63) is 42.5 Å². The molecule has 3 aromatic rings. The first kappa shape index (κ1) is 21.0. The predicted octanol–water partition coefficient (Wildman–Crippen LogP) is 3.56. The zero-order chi connectivity index (χ0) is 21.2. The molecule has 0 bridgehead atoms. The summed E-state index contributed by atoms with van der Waals surface area (Å²) in [4.78, 5) is 12.3. The minimum atomic E-state index is -0.708. The van der Waals surface area contributed by atoms with E-state index >= 15 is 0 Å². The summed E-state index contributed by atoms with van der Waals surface area (Å²) in [6.45, 7) is 11.8. The molecule has 2 heterocycles. The molecule has 0 fully saturated rings. The van der Waals surface area contributed by atoms with Crippen molar-refractivity contribution in [3.63, 3.8) is 0 Å². The number of imidazole rings is 1. The van der Waals surface area contributed by atoms with E-state index in [9.17, 15) is 5.11 Å². The third-order valence-electron chi connectivity index (χ3n) is 4.89. The lowest BCUT2D eigenvalue weighted by Gasteiger charge is -2.33. The van der Waals surface area contributed by atoms with Gasteiger partial charge in [-0.3, -0.25) is 0 Å². The highest BCUT2D eigenvalue weighted by Gasteiger charge is 2.27. The molecular weight excluding hydrogens is 366 g/mol. The van der Waals surface area contributed by atoms with Gasteiger partial charge in [-0.05, 0) is 34.9 Å². The second-order valence-corrected chi connectivity index (χ2v) is 9.44. The molecular formula is C22H31N5O2. The van der Waals surface area contributed by atoms with Crippen molar-refractivity contribution in [3.8, 4) is 5.75 Å². The standard InChI is InChI=1S/C22H31N5O2/c1-21(2,3)12-22(4,5)15-6-8-17(9-7-15)29-11-16(28)10-27-14-26-18-19(23)24-13-25-20(18)27/h6-9,13-14,16,28H,10-12H2,1-5H3,(H2,23,24,25)/t16-/m0/s1. The normalized spacial score (nSPS) is 13.6. The first-order chi connectivity index (χ1) is 13.5. The summed E-state index contributed by atoms with van der Waals surface area (Å²) in [6, 6.07) is 8.15. The molecule has 2 aromatic heterocycles. The van der Waals surface area contributed by atoms with E-state index in [1.807, 2.05) is 12.1 Å². The molecule has 3 N–H and O–H groups in total. The maximum Gasteiger partial charge on any atom is 0.165 e. The number of hydrogen-bond donors (Lipinski definition) is 2. The zero-order valence-corrected chi connectivity index (χ0v) is 17.9. The second-order valence-electron chi connectivity index (χ2n) is 9.44. The van der Waals surface area contributed by atoms with Crippen molar-refractivity contribution in [2.45, 2.75) is 59.1 Å². The van der Waals surface area contributed by atoms with Gasteiger partial charge in [0, 0.05) is 0 Å². The van der Waals surface area contributed by atoms with E-state index in [0.717, 1.165) is 12.2 Å². The van der Waals surface area contributed by atoms with Crippen molar-refractivity contribution in [1.82, 2.24) is 19.5 Å². The van der Waals surface area contributed by atoms with Crippen LogP contribution in [0, 0.1) is 5.41 Å². The van der Waals surface area contributed by atoms with Crippen molar-refractivity contribution >= 4 is 17.0 Å². The largest absolute Gasteiger partial charge is 0.491 e. The molecule has 1 aromatic carbocycles. The Morgan fingerprint density at radius 3 is 2.41 bits per heavy atom. The van der Waals surface area contributed by atoms with Crippen LogP contribution in [0.15, 0.2) is 36.9 Å². The number of hydrogen-bond acceptors (Lipinski definition) is 6. The number of aliphatic hydroxyl groups excluding tert-OH is 1. The molecule has 0 aliphatic rings. The number of nitrogens with zero attached hydrogens (tertiary/aromatic N) is 4. The van der Waals surface area contributed by atoms with E-state index in [1.54, 1.807) is 10.9 Å². The minimum absolute atomic E-state index is 0.0858. The molecule has 0 spiro atoms. The highest BCUT2D eigenvalue weighted by Crippen LogP contribution is 2.36. The molecule has 0 radical (unpaired) electrons. The maximum atomic E-state index is 10.4. The van der Waals surface area contributed by atoms with Crippen LogP contribution in [-0.4, -0.2) is 37.3 Å². The lowest BCUT2D eigenvalue weighted by molar-refractivity contribution is 0.0932. The van der Waals surface area contributed by atoms with Crippen LogP contribution in [0.5, 0.6) is 5.75 Å². The van der Waals surface area contributed by atoms with Gasteiger partial charge in [0.25, 0.3) is 0 Å². The van der Waals surface area contributed by atoms with E-state index in [4.69, 9.17) is 10.5 Å². The lowest BCUT2D eigenvalue weighted by Crippen LogP contribution is -2.25. The van der Waals surface area contributed by atoms with Gasteiger partial charge >= 0.3 is 0 Å². The molecule has 7 heteroatoms. The van der Waals surface area contributed by atoms with Gasteiger partial charge in [-0.25, -0.2) is 15.0 Å². The number of ether oxygens (including phenoxy) is 1. The van der Waals surface area contributed by atoms with Gasteiger partial charge in [-0.15, -0.1) is 0 Å². The molecule has 0 saturated heterocycles. The molecule has 0 amide bonds. The van der Waals surface area contributed by atoms with Crippen LogP contribution in [0.2, 0.25) is 0 Å². The van der Waals surface area contributed by atoms with E-state index < -0.39 is 6.10 Å². The summed E-state index contributed by atoms with van der Waals surface area (Å²) in [5.74, 6) is 1.07. The van der Waals surface area contributed by atoms with E-state index in [0.29, 0.717) is 23.5 Å². The van der Waals surface area contributed by atoms with Gasteiger partial charge < -0.3 is 20.1 Å². The van der Waals surface area contributed by atoms with Crippen LogP contribution in [0.1, 0.15) is 46.6 Å². The third kappa shape index (κ3) is 5.23. The molecule has 0 aliphatic heterocycles. The van der Waals surface area contributed by atoms with Crippen LogP contribution in [0.4, 0.5) is 5.82 Å². The number of rotatable bonds is 7. The summed E-state index contributed by atoms with van der Waals surface area (Å²) >= 11 is 0. The SMILES string of the molecule is CC(C)(C)CC(C)(C)c1ccc(OC[C@@H](O)Cn2cnc3c(N)ncnc32)cc1. The van der Waals surface area contributed by atoms with Gasteiger partial charge in [0.1, 0.15) is 30.3 Å². The van der Waals surface area contributed by atoms with Crippen LogP contribution >= 0.6 is 0 Å². The van der Waals surface area contributed by atoms with Gasteiger partial charge in [-0.1, -0.05) is 46.8 Å². The molecule has 0 unspecified atom stereocenters. The predicted molar refractivity (Wildman–Crippen MR) is 115 cm³/mol. The van der Waals surface area contributed by atoms with Crippen LogP contribution in [-0.2, 0) is 12.0 Å². The summed E-state index contributed by atoms with van der Waals surface area (Å²) in [6.07, 6.45) is 3.37. The average Bonchev–Trinajstić information content (AvgIpc) is 3.03. The number of benzene rings is 1. The molecule has 156 valence electrons. The third-order valence-corrected chi connectivity index (χ3v) is 4.89. The Labute approximate surface area is 172 Å². The van der Waals surface area contributed by atoms with Gasteiger partial charge in [0.15, 0.2) is 11.5 Å². The zero-order valence-electron chi connectivity index (χ0n) is 17.9. The Bertz CT molecular complexity index is 957. The quantitative estimate of drug-likeness (QED) is 0.632. The fourth-order valence-corrected chi connectivity index (χ4v) is 3.93. The van der Waals surface area contributed by atoms with Gasteiger partial charge in [0.2, 0.25) is 0 Å².